The van der Waals surface area contributed by atoms with Gasteiger partial charge in [0.1, 0.15) is 18.0 Å². The average molecular weight is 654 g/mol. The summed E-state index contributed by atoms with van der Waals surface area (Å²) in [6.07, 6.45) is 3.10. The van der Waals surface area contributed by atoms with Crippen molar-refractivity contribution in [2.45, 2.75) is 110 Å². The summed E-state index contributed by atoms with van der Waals surface area (Å²) in [5, 5.41) is 9.43. The highest BCUT2D eigenvalue weighted by molar-refractivity contribution is 6.74. The van der Waals surface area contributed by atoms with Crippen LogP contribution in [0.2, 0.25) is 18.1 Å². The standard InChI is InChI=1S/C35H55N5O5Si/c1-24(2)40-32-29(21-36-40)31(37-26-15-17-42-18-16-26)20-30(38-32)25-13-12-14-27(19-25)43-23-28(45-46(10,11)35(6,7)8)22-39(9)33(41)44-34(3,4)5/h12-14,19-21,24,26,28H,15-18,22-23H2,1-11H3,(H,37,38). The van der Waals surface area contributed by atoms with E-state index in [0.717, 1.165) is 54.0 Å². The highest BCUT2D eigenvalue weighted by atomic mass is 28.4. The van der Waals surface area contributed by atoms with Crippen LogP contribution in [0.25, 0.3) is 22.3 Å². The molecule has 46 heavy (non-hydrogen) atoms. The lowest BCUT2D eigenvalue weighted by atomic mass is 10.1. The fraction of sp³-hybridized carbons (Fsp3) is 0.629. The number of aromatic nitrogens is 3. The van der Waals surface area contributed by atoms with Crippen LogP contribution in [0.15, 0.2) is 36.5 Å². The van der Waals surface area contributed by atoms with Gasteiger partial charge in [0.2, 0.25) is 0 Å². The molecule has 254 valence electrons. The zero-order chi connectivity index (χ0) is 33.9. The Morgan fingerprint density at radius 2 is 1.83 bits per heavy atom. The van der Waals surface area contributed by atoms with Crippen molar-refractivity contribution in [1.82, 2.24) is 19.7 Å². The van der Waals surface area contributed by atoms with Crippen molar-refractivity contribution in [3.05, 3.63) is 36.5 Å². The summed E-state index contributed by atoms with van der Waals surface area (Å²) in [6.45, 7) is 23.0. The molecule has 1 fully saturated rings. The number of likely N-dealkylation sites (N-methyl/N-ethyl adjacent to an activating group) is 1. The van der Waals surface area contributed by atoms with Crippen molar-refractivity contribution in [2.24, 2.45) is 0 Å². The van der Waals surface area contributed by atoms with Crippen LogP contribution in [0, 0.1) is 0 Å². The first-order chi connectivity index (χ1) is 21.4. The Bertz CT molecular complexity index is 1470. The van der Waals surface area contributed by atoms with Crippen molar-refractivity contribution in [3.63, 3.8) is 0 Å². The van der Waals surface area contributed by atoms with Crippen LogP contribution < -0.4 is 10.1 Å². The van der Waals surface area contributed by atoms with E-state index in [0.29, 0.717) is 18.3 Å². The summed E-state index contributed by atoms with van der Waals surface area (Å²) in [7, 11) is -0.427. The molecule has 2 aromatic heterocycles. The Morgan fingerprint density at radius 1 is 1.13 bits per heavy atom. The zero-order valence-corrected chi connectivity index (χ0v) is 30.8. The van der Waals surface area contributed by atoms with E-state index in [9.17, 15) is 4.79 Å². The Morgan fingerprint density at radius 3 is 2.46 bits per heavy atom. The molecule has 1 saturated heterocycles. The quantitative estimate of drug-likeness (QED) is 0.209. The fourth-order valence-corrected chi connectivity index (χ4v) is 6.43. The minimum absolute atomic E-state index is 0.00112. The first kappa shape index (κ1) is 35.7. The second-order valence-corrected chi connectivity index (χ2v) is 20.0. The largest absolute Gasteiger partial charge is 0.491 e. The first-order valence-electron chi connectivity index (χ1n) is 16.5. The maximum Gasteiger partial charge on any atom is 0.410 e. The van der Waals surface area contributed by atoms with Gasteiger partial charge in [-0.15, -0.1) is 0 Å². The van der Waals surface area contributed by atoms with E-state index >= 15 is 0 Å². The van der Waals surface area contributed by atoms with Crippen molar-refractivity contribution in [3.8, 4) is 17.0 Å². The van der Waals surface area contributed by atoms with Gasteiger partial charge in [-0.25, -0.2) is 14.5 Å². The van der Waals surface area contributed by atoms with Crippen molar-refractivity contribution in [2.75, 3.05) is 38.7 Å². The van der Waals surface area contributed by atoms with E-state index in [2.05, 4.69) is 70.3 Å². The van der Waals surface area contributed by atoms with Crippen LogP contribution >= 0.6 is 0 Å². The van der Waals surface area contributed by atoms with Gasteiger partial charge >= 0.3 is 6.09 Å². The molecule has 1 atom stereocenters. The van der Waals surface area contributed by atoms with Crippen molar-refractivity contribution >= 4 is 31.1 Å². The van der Waals surface area contributed by atoms with Crippen molar-refractivity contribution in [1.29, 1.82) is 0 Å². The molecule has 10 nitrogen and oxygen atoms in total. The lowest BCUT2D eigenvalue weighted by molar-refractivity contribution is 0.0172. The first-order valence-corrected chi connectivity index (χ1v) is 19.4. The highest BCUT2D eigenvalue weighted by Gasteiger charge is 2.40. The molecule has 1 aliphatic heterocycles. The maximum absolute atomic E-state index is 12.8. The lowest BCUT2D eigenvalue weighted by Crippen LogP contribution is -2.49. The smallest absolute Gasteiger partial charge is 0.410 e. The van der Waals surface area contributed by atoms with Gasteiger partial charge < -0.3 is 28.9 Å². The molecular formula is C35H55N5O5Si. The second kappa shape index (κ2) is 14.3. The molecule has 1 aliphatic rings. The van der Waals surface area contributed by atoms with Gasteiger partial charge in [0.15, 0.2) is 14.0 Å². The molecule has 1 amide bonds. The monoisotopic (exact) mass is 653 g/mol. The molecule has 1 unspecified atom stereocenters. The maximum atomic E-state index is 12.8. The Kier molecular flexibility index (Phi) is 11.1. The minimum atomic E-state index is -2.17. The van der Waals surface area contributed by atoms with Crippen molar-refractivity contribution < 1.29 is 23.4 Å². The number of carbonyl (C=O) groups excluding carboxylic acids is 1. The van der Waals surface area contributed by atoms with Crippen LogP contribution in [0.3, 0.4) is 0 Å². The Labute approximate surface area is 276 Å². The molecule has 3 aromatic rings. The summed E-state index contributed by atoms with van der Waals surface area (Å²) in [4.78, 5) is 19.5. The minimum Gasteiger partial charge on any atom is -0.491 e. The third-order valence-corrected chi connectivity index (χ3v) is 13.2. The molecule has 1 N–H and O–H groups in total. The summed E-state index contributed by atoms with van der Waals surface area (Å²) in [5.74, 6) is 0.708. The predicted octanol–water partition coefficient (Wildman–Crippen LogP) is 7.91. The number of nitrogens with one attached hydrogen (secondary N) is 1. The number of ether oxygens (including phenoxy) is 3. The van der Waals surface area contributed by atoms with Gasteiger partial charge in [0, 0.05) is 43.6 Å². The molecule has 3 heterocycles. The van der Waals surface area contributed by atoms with E-state index in [1.165, 1.54) is 0 Å². The van der Waals surface area contributed by atoms with E-state index in [1.807, 2.05) is 49.8 Å². The van der Waals surface area contributed by atoms with Gasteiger partial charge in [-0.1, -0.05) is 32.9 Å². The number of carbonyl (C=O) groups is 1. The van der Waals surface area contributed by atoms with E-state index in [1.54, 1.807) is 11.9 Å². The molecule has 1 aromatic carbocycles. The van der Waals surface area contributed by atoms with E-state index in [-0.39, 0.29) is 29.9 Å². The molecule has 0 radical (unpaired) electrons. The third-order valence-electron chi connectivity index (χ3n) is 8.65. The van der Waals surface area contributed by atoms with Gasteiger partial charge in [0.05, 0.1) is 29.9 Å². The number of nitrogens with zero attached hydrogens (tertiary/aromatic N) is 4. The van der Waals surface area contributed by atoms with Gasteiger partial charge in [0.25, 0.3) is 0 Å². The van der Waals surface area contributed by atoms with E-state index < -0.39 is 13.9 Å². The molecule has 0 bridgehead atoms. The molecule has 11 heteroatoms. The van der Waals surface area contributed by atoms with Crippen LogP contribution in [-0.4, -0.2) is 85.2 Å². The number of pyridine rings is 1. The number of benzene rings is 1. The number of rotatable bonds is 11. The van der Waals surface area contributed by atoms with Crippen LogP contribution in [0.1, 0.15) is 74.3 Å². The second-order valence-electron chi connectivity index (χ2n) is 15.2. The molecule has 0 aliphatic carbocycles. The fourth-order valence-electron chi connectivity index (χ4n) is 5.10. The summed E-state index contributed by atoms with van der Waals surface area (Å²) < 4.78 is 26.3. The summed E-state index contributed by atoms with van der Waals surface area (Å²) >= 11 is 0. The Hall–Kier alpha value is -3.15. The number of hydrogen-bond donors (Lipinski definition) is 1. The predicted molar refractivity (Wildman–Crippen MR) is 187 cm³/mol. The molecule has 0 saturated carbocycles. The number of anilines is 1. The Balaban J connectivity index is 1.59. The van der Waals surface area contributed by atoms with E-state index in [4.69, 9.17) is 23.6 Å². The SMILES string of the molecule is CC(C)n1ncc2c(NC3CCOCC3)cc(-c3cccc(OCC(CN(C)C(=O)OC(C)(C)C)O[Si](C)(C)C(C)(C)C)c3)nc21. The molecular weight excluding hydrogens is 599 g/mol. The number of fused-ring (bicyclic) bond motifs is 1. The zero-order valence-electron chi connectivity index (χ0n) is 29.8. The van der Waals surface area contributed by atoms with Crippen LogP contribution in [0.4, 0.5) is 10.5 Å². The number of amides is 1. The molecule has 4 rings (SSSR count). The van der Waals surface area contributed by atoms with Crippen LogP contribution in [-0.2, 0) is 13.9 Å². The van der Waals surface area contributed by atoms with Crippen LogP contribution in [0.5, 0.6) is 5.75 Å². The topological polar surface area (TPSA) is 100.0 Å². The average Bonchev–Trinajstić information content (AvgIpc) is 3.40. The van der Waals surface area contributed by atoms with Gasteiger partial charge in [-0.05, 0) is 83.8 Å². The summed E-state index contributed by atoms with van der Waals surface area (Å²) in [5.41, 5.74) is 3.08. The van der Waals surface area contributed by atoms with Gasteiger partial charge in [-0.3, -0.25) is 0 Å². The summed E-state index contributed by atoms with van der Waals surface area (Å²) in [6, 6.07) is 10.6. The molecule has 0 spiro atoms. The lowest BCUT2D eigenvalue weighted by Gasteiger charge is -2.40. The number of hydrogen-bond acceptors (Lipinski definition) is 8. The third kappa shape index (κ3) is 9.23. The van der Waals surface area contributed by atoms with Gasteiger partial charge in [-0.2, -0.15) is 5.10 Å². The highest BCUT2D eigenvalue weighted by Crippen LogP contribution is 2.38. The normalized spacial score (nSPS) is 15.7.